The zero-order chi connectivity index (χ0) is 44.4. The van der Waals surface area contributed by atoms with Crippen LogP contribution in [0, 0.1) is 0 Å². The highest BCUT2D eigenvalue weighted by Gasteiger charge is 2.20. The Hall–Kier alpha value is -1.40. The Labute approximate surface area is 380 Å². The van der Waals surface area contributed by atoms with Crippen molar-refractivity contribution >= 4 is 11.9 Å². The monoisotopic (exact) mass is 862 g/mol. The number of rotatable bonds is 51. The second-order valence-electron chi connectivity index (χ2n) is 18.9. The smallest absolute Gasteiger partial charge is 0.305 e. The highest BCUT2D eigenvalue weighted by molar-refractivity contribution is 5.76. The van der Waals surface area contributed by atoms with Crippen LogP contribution in [0.1, 0.15) is 303 Å². The van der Waals surface area contributed by atoms with Gasteiger partial charge in [0.15, 0.2) is 0 Å². The lowest BCUT2D eigenvalue weighted by Crippen LogP contribution is -2.45. The van der Waals surface area contributed by atoms with Gasteiger partial charge in [0.05, 0.1) is 25.4 Å². The maximum absolute atomic E-state index is 12.4. The molecule has 6 nitrogen and oxygen atoms in total. The molecule has 0 saturated carbocycles. The second-order valence-corrected chi connectivity index (χ2v) is 18.9. The zero-order valence-electron chi connectivity index (χ0n) is 41.2. The molecule has 0 saturated heterocycles. The fraction of sp³-hybridized carbons (Fsp3) is 0.927. The molecule has 0 aromatic heterocycles. The third kappa shape index (κ3) is 47.9. The highest BCUT2D eigenvalue weighted by Crippen LogP contribution is 2.17. The molecule has 0 spiro atoms. The quantitative estimate of drug-likeness (QED) is 0.0322. The standard InChI is InChI=1S/C55H107NO5/c1-3-5-7-9-11-13-15-17-18-19-20-21-25-29-33-37-41-45-49-55(60)61-50-46-42-38-34-30-26-22-24-28-32-36-40-44-48-54(59)56-52(51-57)53(58)47-43-39-35-31-27-23-16-14-12-10-8-6-4-2/h18-19,52-53,57-58H,3-17,20-51H2,1-2H3,(H,56,59)/b19-18-. The van der Waals surface area contributed by atoms with Crippen LogP contribution in [0.3, 0.4) is 0 Å². The van der Waals surface area contributed by atoms with E-state index in [0.717, 1.165) is 51.4 Å². The normalized spacial score (nSPS) is 12.7. The Morgan fingerprint density at radius 1 is 0.443 bits per heavy atom. The first-order chi connectivity index (χ1) is 30.0. The fourth-order valence-corrected chi connectivity index (χ4v) is 8.58. The lowest BCUT2D eigenvalue weighted by Gasteiger charge is -2.22. The van der Waals surface area contributed by atoms with E-state index >= 15 is 0 Å². The molecule has 0 radical (unpaired) electrons. The van der Waals surface area contributed by atoms with Crippen molar-refractivity contribution in [1.29, 1.82) is 0 Å². The fourth-order valence-electron chi connectivity index (χ4n) is 8.58. The topological polar surface area (TPSA) is 95.9 Å². The molecular weight excluding hydrogens is 755 g/mol. The number of aliphatic hydroxyl groups is 2. The summed E-state index contributed by atoms with van der Waals surface area (Å²) in [6, 6.07) is -0.550. The second kappa shape index (κ2) is 51.2. The largest absolute Gasteiger partial charge is 0.466 e. The number of unbranched alkanes of at least 4 members (excludes halogenated alkanes) is 38. The molecule has 0 aromatic rings. The van der Waals surface area contributed by atoms with Crippen molar-refractivity contribution < 1.29 is 24.5 Å². The summed E-state index contributed by atoms with van der Waals surface area (Å²) in [6.45, 7) is 4.93. The number of aliphatic hydroxyl groups excluding tert-OH is 2. The molecule has 3 N–H and O–H groups in total. The molecule has 0 aliphatic carbocycles. The number of carbonyl (C=O) groups is 2. The van der Waals surface area contributed by atoms with Crippen LogP contribution in [-0.4, -0.2) is 47.4 Å². The molecule has 0 bridgehead atoms. The van der Waals surface area contributed by atoms with Gasteiger partial charge >= 0.3 is 5.97 Å². The van der Waals surface area contributed by atoms with Gasteiger partial charge in [0, 0.05) is 12.8 Å². The molecule has 2 atom stereocenters. The van der Waals surface area contributed by atoms with E-state index in [-0.39, 0.29) is 18.5 Å². The number of allylic oxidation sites excluding steroid dienone is 2. The minimum absolute atomic E-state index is 0.00792. The molecule has 2 unspecified atom stereocenters. The van der Waals surface area contributed by atoms with Gasteiger partial charge in [0.2, 0.25) is 5.91 Å². The first-order valence-electron chi connectivity index (χ1n) is 27.4. The van der Waals surface area contributed by atoms with Crippen LogP contribution in [-0.2, 0) is 14.3 Å². The molecule has 0 heterocycles. The first-order valence-corrected chi connectivity index (χ1v) is 27.4. The number of carbonyl (C=O) groups excluding carboxylic acids is 2. The summed E-state index contributed by atoms with van der Waals surface area (Å²) in [7, 11) is 0. The van der Waals surface area contributed by atoms with E-state index in [1.165, 1.54) is 218 Å². The van der Waals surface area contributed by atoms with Gasteiger partial charge in [-0.05, 0) is 51.4 Å². The van der Waals surface area contributed by atoms with E-state index in [2.05, 4.69) is 31.3 Å². The van der Waals surface area contributed by atoms with Gasteiger partial charge in [-0.2, -0.15) is 0 Å². The highest BCUT2D eigenvalue weighted by atomic mass is 16.5. The summed E-state index contributed by atoms with van der Waals surface area (Å²) in [5.41, 5.74) is 0. The van der Waals surface area contributed by atoms with E-state index in [9.17, 15) is 19.8 Å². The Morgan fingerprint density at radius 3 is 1.16 bits per heavy atom. The van der Waals surface area contributed by atoms with Gasteiger partial charge in [0.25, 0.3) is 0 Å². The Bertz CT molecular complexity index is 909. The molecule has 0 aliphatic rings. The van der Waals surface area contributed by atoms with E-state index < -0.39 is 12.1 Å². The molecule has 0 rings (SSSR count). The zero-order valence-corrected chi connectivity index (χ0v) is 41.2. The first kappa shape index (κ1) is 59.6. The van der Waals surface area contributed by atoms with Crippen LogP contribution in [0.25, 0.3) is 0 Å². The molecule has 6 heteroatoms. The Kier molecular flexibility index (Phi) is 50.1. The molecule has 0 aromatic carbocycles. The van der Waals surface area contributed by atoms with E-state index in [0.29, 0.717) is 25.9 Å². The minimum atomic E-state index is -0.671. The van der Waals surface area contributed by atoms with Crippen molar-refractivity contribution in [2.75, 3.05) is 13.2 Å². The van der Waals surface area contributed by atoms with Crippen molar-refractivity contribution in [3.8, 4) is 0 Å². The van der Waals surface area contributed by atoms with Crippen molar-refractivity contribution in [2.24, 2.45) is 0 Å². The number of ether oxygens (including phenoxy) is 1. The SMILES string of the molecule is CCCCCCCCC/C=C\CCCCCCCCCC(=O)OCCCCCCCCCCCCCCCC(=O)NC(CO)C(O)CCCCCCCCCCCCCCC. The van der Waals surface area contributed by atoms with E-state index in [1.54, 1.807) is 0 Å². The van der Waals surface area contributed by atoms with Gasteiger partial charge < -0.3 is 20.3 Å². The maximum Gasteiger partial charge on any atom is 0.305 e. The van der Waals surface area contributed by atoms with Gasteiger partial charge in [0.1, 0.15) is 0 Å². The van der Waals surface area contributed by atoms with E-state index in [1.807, 2.05) is 0 Å². The summed E-state index contributed by atoms with van der Waals surface area (Å²) in [4.78, 5) is 24.5. The Balaban J connectivity index is 3.42. The van der Waals surface area contributed by atoms with Crippen LogP contribution < -0.4 is 5.32 Å². The van der Waals surface area contributed by atoms with Gasteiger partial charge in [-0.1, -0.05) is 251 Å². The van der Waals surface area contributed by atoms with E-state index in [4.69, 9.17) is 4.74 Å². The summed E-state index contributed by atoms with van der Waals surface area (Å²) in [6.07, 6.45) is 59.0. The van der Waals surface area contributed by atoms with Crippen molar-refractivity contribution in [3.05, 3.63) is 12.2 Å². The number of esters is 1. The predicted octanol–water partition coefficient (Wildman–Crippen LogP) is 16.5. The lowest BCUT2D eigenvalue weighted by atomic mass is 10.0. The van der Waals surface area contributed by atoms with Crippen LogP contribution >= 0.6 is 0 Å². The number of nitrogens with one attached hydrogen (secondary N) is 1. The average Bonchev–Trinajstić information content (AvgIpc) is 3.26. The molecule has 362 valence electrons. The minimum Gasteiger partial charge on any atom is -0.466 e. The molecule has 0 aliphatic heterocycles. The van der Waals surface area contributed by atoms with Crippen molar-refractivity contribution in [2.45, 2.75) is 315 Å². The van der Waals surface area contributed by atoms with Gasteiger partial charge in [-0.15, -0.1) is 0 Å². The van der Waals surface area contributed by atoms with Gasteiger partial charge in [-0.3, -0.25) is 9.59 Å². The maximum atomic E-state index is 12.4. The number of amides is 1. The summed E-state index contributed by atoms with van der Waals surface area (Å²) in [5.74, 6) is -0.0550. The van der Waals surface area contributed by atoms with Crippen LogP contribution in [0.4, 0.5) is 0 Å². The van der Waals surface area contributed by atoms with Crippen LogP contribution in [0.5, 0.6) is 0 Å². The number of hydrogen-bond donors (Lipinski definition) is 3. The molecule has 0 fully saturated rings. The van der Waals surface area contributed by atoms with Crippen LogP contribution in [0.15, 0.2) is 12.2 Å². The summed E-state index contributed by atoms with van der Waals surface area (Å²) in [5, 5.41) is 23.2. The average molecular weight is 862 g/mol. The summed E-state index contributed by atoms with van der Waals surface area (Å²) >= 11 is 0. The molecule has 1 amide bonds. The molecule has 61 heavy (non-hydrogen) atoms. The number of hydrogen-bond acceptors (Lipinski definition) is 5. The molecular formula is C55H107NO5. The summed E-state index contributed by atoms with van der Waals surface area (Å²) < 4.78 is 5.48. The van der Waals surface area contributed by atoms with Gasteiger partial charge in [-0.25, -0.2) is 0 Å². The third-order valence-corrected chi connectivity index (χ3v) is 12.8. The van der Waals surface area contributed by atoms with Crippen molar-refractivity contribution in [1.82, 2.24) is 5.32 Å². The predicted molar refractivity (Wildman–Crippen MR) is 264 cm³/mol. The Morgan fingerprint density at radius 2 is 0.770 bits per heavy atom. The van der Waals surface area contributed by atoms with Crippen LogP contribution in [0.2, 0.25) is 0 Å². The lowest BCUT2D eigenvalue weighted by molar-refractivity contribution is -0.143. The van der Waals surface area contributed by atoms with Crippen molar-refractivity contribution in [3.63, 3.8) is 0 Å². The third-order valence-electron chi connectivity index (χ3n) is 12.8.